The van der Waals surface area contributed by atoms with Crippen molar-refractivity contribution in [3.05, 3.63) is 28.3 Å². The van der Waals surface area contributed by atoms with Crippen LogP contribution >= 0.6 is 0 Å². The monoisotopic (exact) mass is 419 g/mol. The van der Waals surface area contributed by atoms with E-state index in [4.69, 9.17) is 0 Å². The van der Waals surface area contributed by atoms with Crippen LogP contribution in [0.2, 0.25) is 0 Å². The number of rotatable bonds is 4. The number of hydrogen-bond donors (Lipinski definition) is 2. The molecule has 1 saturated heterocycles. The van der Waals surface area contributed by atoms with E-state index in [1.54, 1.807) is 4.90 Å². The molecule has 1 aromatic rings. The third-order valence-electron chi connectivity index (χ3n) is 6.41. The Bertz CT molecular complexity index is 901. The highest BCUT2D eigenvalue weighted by Gasteiger charge is 2.28. The van der Waals surface area contributed by atoms with Gasteiger partial charge in [-0.25, -0.2) is 17.9 Å². The zero-order valence-corrected chi connectivity index (χ0v) is 17.7. The Labute approximate surface area is 172 Å². The van der Waals surface area contributed by atoms with Gasteiger partial charge < -0.3 is 10.2 Å². The molecule has 1 aliphatic heterocycles. The maximum absolute atomic E-state index is 12.5. The van der Waals surface area contributed by atoms with Gasteiger partial charge in [0.15, 0.2) is 0 Å². The van der Waals surface area contributed by atoms with E-state index in [2.05, 4.69) is 18.3 Å². The molecular weight excluding hydrogens is 390 g/mol. The van der Waals surface area contributed by atoms with Crippen LogP contribution in [-0.4, -0.2) is 44.1 Å². The largest absolute Gasteiger partial charge is 0.342 e. The number of sulfonamides is 1. The minimum absolute atomic E-state index is 0.446. The van der Waals surface area contributed by atoms with Crippen LogP contribution in [0.4, 0.5) is 10.5 Å². The summed E-state index contributed by atoms with van der Waals surface area (Å²) in [4.78, 5) is 26.4. The molecule has 1 fully saturated rings. The minimum Gasteiger partial charge on any atom is -0.342 e. The fourth-order valence-corrected chi connectivity index (χ4v) is 5.71. The number of piperidine rings is 1. The van der Waals surface area contributed by atoms with Crippen molar-refractivity contribution >= 4 is 27.6 Å². The molecule has 7 nitrogen and oxygen atoms in total. The van der Waals surface area contributed by atoms with Crippen molar-refractivity contribution in [2.75, 3.05) is 24.2 Å². The van der Waals surface area contributed by atoms with E-state index in [-0.39, 0.29) is 0 Å². The molecular formula is C21H29N3O4S. The van der Waals surface area contributed by atoms with Crippen molar-refractivity contribution in [1.82, 2.24) is 9.62 Å². The van der Waals surface area contributed by atoms with E-state index in [0.29, 0.717) is 19.0 Å². The number of hydrogen-bond acceptors (Lipinski definition) is 4. The molecule has 0 aromatic heterocycles. The minimum atomic E-state index is -4.04. The number of benzene rings is 1. The van der Waals surface area contributed by atoms with Gasteiger partial charge in [-0.1, -0.05) is 13.0 Å². The third-order valence-corrected chi connectivity index (χ3v) is 7.53. The van der Waals surface area contributed by atoms with Crippen molar-refractivity contribution in [3.63, 3.8) is 0 Å². The molecule has 1 heterocycles. The predicted molar refractivity (Wildman–Crippen MR) is 111 cm³/mol. The summed E-state index contributed by atoms with van der Waals surface area (Å²) in [6.07, 6.45) is 7.66. The third kappa shape index (κ3) is 4.42. The van der Waals surface area contributed by atoms with Crippen LogP contribution in [0.1, 0.15) is 54.9 Å². The Morgan fingerprint density at radius 1 is 1.03 bits per heavy atom. The average Bonchev–Trinajstić information content (AvgIpc) is 3.30. The number of fused-ring (bicyclic) bond motifs is 2. The first kappa shape index (κ1) is 20.2. The molecule has 0 spiro atoms. The molecule has 2 N–H and O–H groups in total. The Kier molecular flexibility index (Phi) is 5.55. The van der Waals surface area contributed by atoms with Gasteiger partial charge in [0.2, 0.25) is 15.9 Å². The van der Waals surface area contributed by atoms with Crippen molar-refractivity contribution in [2.45, 2.75) is 58.3 Å². The van der Waals surface area contributed by atoms with E-state index >= 15 is 0 Å². The molecule has 0 bridgehead atoms. The van der Waals surface area contributed by atoms with Crippen LogP contribution in [0, 0.1) is 5.92 Å². The average molecular weight is 420 g/mol. The highest BCUT2D eigenvalue weighted by Crippen LogP contribution is 2.38. The normalized spacial score (nSPS) is 19.0. The van der Waals surface area contributed by atoms with Gasteiger partial charge >= 0.3 is 6.03 Å². The molecule has 3 aliphatic rings. The van der Waals surface area contributed by atoms with E-state index in [1.165, 1.54) is 11.1 Å². The molecule has 8 heteroatoms. The van der Waals surface area contributed by atoms with Crippen LogP contribution in [0.25, 0.3) is 0 Å². The van der Waals surface area contributed by atoms with Crippen molar-refractivity contribution in [3.8, 4) is 0 Å². The van der Waals surface area contributed by atoms with Crippen molar-refractivity contribution < 1.29 is 18.0 Å². The summed E-state index contributed by atoms with van der Waals surface area (Å²) < 4.78 is 26.8. The SMILES string of the molecule is CC1CCN(C(=O)CS(=O)(=O)NC(=O)Nc2c3c(cc4c2CCC4)CCC3)CC1. The first-order chi connectivity index (χ1) is 13.8. The second-order valence-electron chi connectivity index (χ2n) is 8.61. The van der Waals surface area contributed by atoms with Gasteiger partial charge in [-0.3, -0.25) is 4.79 Å². The van der Waals surface area contributed by atoms with Gasteiger partial charge in [0, 0.05) is 18.8 Å². The van der Waals surface area contributed by atoms with E-state index < -0.39 is 27.7 Å². The number of likely N-dealkylation sites (tertiary alicyclic amines) is 1. The quantitative estimate of drug-likeness (QED) is 0.783. The predicted octanol–water partition coefficient (Wildman–Crippen LogP) is 2.37. The maximum atomic E-state index is 12.5. The second-order valence-corrected chi connectivity index (χ2v) is 10.3. The Morgan fingerprint density at radius 2 is 1.62 bits per heavy atom. The fourth-order valence-electron chi connectivity index (χ4n) is 4.80. The lowest BCUT2D eigenvalue weighted by molar-refractivity contribution is -0.129. The highest BCUT2D eigenvalue weighted by molar-refractivity contribution is 7.90. The summed E-state index contributed by atoms with van der Waals surface area (Å²) >= 11 is 0. The molecule has 4 rings (SSSR count). The number of anilines is 1. The van der Waals surface area contributed by atoms with E-state index in [0.717, 1.165) is 68.2 Å². The zero-order chi connectivity index (χ0) is 20.6. The fraction of sp³-hybridized carbons (Fsp3) is 0.619. The number of nitrogens with zero attached hydrogens (tertiary/aromatic N) is 1. The van der Waals surface area contributed by atoms with E-state index in [9.17, 15) is 18.0 Å². The van der Waals surface area contributed by atoms with Crippen LogP contribution < -0.4 is 10.0 Å². The summed E-state index contributed by atoms with van der Waals surface area (Å²) in [6, 6.07) is 1.47. The van der Waals surface area contributed by atoms with Crippen LogP contribution in [0.3, 0.4) is 0 Å². The maximum Gasteiger partial charge on any atom is 0.332 e. The number of carbonyl (C=O) groups excluding carboxylic acids is 2. The van der Waals surface area contributed by atoms with Crippen LogP contribution in [-0.2, 0) is 40.5 Å². The Balaban J connectivity index is 1.42. The van der Waals surface area contributed by atoms with Crippen molar-refractivity contribution in [2.24, 2.45) is 5.92 Å². The first-order valence-electron chi connectivity index (χ1n) is 10.6. The number of carbonyl (C=O) groups is 2. The summed E-state index contributed by atoms with van der Waals surface area (Å²) in [5.74, 6) is -0.590. The van der Waals surface area contributed by atoms with Gasteiger partial charge in [0.05, 0.1) is 0 Å². The zero-order valence-electron chi connectivity index (χ0n) is 16.9. The van der Waals surface area contributed by atoms with Gasteiger partial charge in [-0.05, 0) is 79.5 Å². The first-order valence-corrected chi connectivity index (χ1v) is 12.2. The number of urea groups is 1. The highest BCUT2D eigenvalue weighted by atomic mass is 32.2. The molecule has 0 saturated carbocycles. The molecule has 0 unspecified atom stereocenters. The Morgan fingerprint density at radius 3 is 2.21 bits per heavy atom. The standard InChI is InChI=1S/C21H29N3O4S/c1-14-8-10-24(11-9-14)19(25)13-29(27,28)23-21(26)22-20-17-6-2-4-15(17)12-16-5-3-7-18(16)20/h12,14H,2-11,13H2,1H3,(H2,22,23,26). The molecule has 3 amide bonds. The number of aryl methyl sites for hydroxylation is 2. The summed E-state index contributed by atoms with van der Waals surface area (Å²) in [6.45, 7) is 3.27. The topological polar surface area (TPSA) is 95.6 Å². The van der Waals surface area contributed by atoms with Gasteiger partial charge in [-0.2, -0.15) is 0 Å². The lowest BCUT2D eigenvalue weighted by Crippen LogP contribution is -2.45. The smallest absolute Gasteiger partial charge is 0.332 e. The molecule has 0 atom stereocenters. The van der Waals surface area contributed by atoms with Gasteiger partial charge in [-0.15, -0.1) is 0 Å². The molecule has 1 aromatic carbocycles. The summed E-state index contributed by atoms with van der Waals surface area (Å²) in [7, 11) is -4.04. The van der Waals surface area contributed by atoms with Crippen molar-refractivity contribution in [1.29, 1.82) is 0 Å². The second kappa shape index (κ2) is 7.97. The van der Waals surface area contributed by atoms with Crippen LogP contribution in [0.5, 0.6) is 0 Å². The Hall–Kier alpha value is -2.09. The van der Waals surface area contributed by atoms with Gasteiger partial charge in [0.1, 0.15) is 5.75 Å². The lowest BCUT2D eigenvalue weighted by atomic mass is 9.99. The van der Waals surface area contributed by atoms with E-state index in [1.807, 2.05) is 4.72 Å². The summed E-state index contributed by atoms with van der Waals surface area (Å²) in [5, 5.41) is 2.80. The van der Waals surface area contributed by atoms with Gasteiger partial charge in [0.25, 0.3) is 0 Å². The summed E-state index contributed by atoms with van der Waals surface area (Å²) in [5.41, 5.74) is 5.58. The molecule has 0 radical (unpaired) electrons. The number of amides is 3. The number of nitrogens with one attached hydrogen (secondary N) is 2. The molecule has 158 valence electrons. The molecule has 2 aliphatic carbocycles. The van der Waals surface area contributed by atoms with Crippen LogP contribution in [0.15, 0.2) is 6.07 Å². The lowest BCUT2D eigenvalue weighted by Gasteiger charge is -2.30. The molecule has 29 heavy (non-hydrogen) atoms.